The fraction of sp³-hybridized carbons (Fsp3) is 1.00. The Kier molecular flexibility index (Phi) is 29.0. The van der Waals surface area contributed by atoms with Crippen LogP contribution in [-0.2, 0) is 13.6 Å². The maximum atomic E-state index is 11.8. The minimum absolute atomic E-state index is 0. The summed E-state index contributed by atoms with van der Waals surface area (Å²) in [5.74, 6) is 1.64. The van der Waals surface area contributed by atoms with E-state index in [2.05, 4.69) is 27.7 Å². The van der Waals surface area contributed by atoms with Crippen LogP contribution in [0.2, 0.25) is 0 Å². The van der Waals surface area contributed by atoms with Crippen LogP contribution in [0.15, 0.2) is 0 Å². The van der Waals surface area contributed by atoms with Gasteiger partial charge in [0.05, 0.1) is 13.2 Å². The Bertz CT molecular complexity index is 385. The van der Waals surface area contributed by atoms with Gasteiger partial charge in [0.1, 0.15) is 0 Å². The number of hydrogen-bond acceptors (Lipinski definition) is 4. The van der Waals surface area contributed by atoms with Gasteiger partial charge in [0, 0.05) is 0 Å². The Labute approximate surface area is 243 Å². The summed E-state index contributed by atoms with van der Waals surface area (Å²) < 4.78 is 21.8. The van der Waals surface area contributed by atoms with E-state index >= 15 is 0 Å². The fourth-order valence-corrected chi connectivity index (χ4v) is 4.60. The quantitative estimate of drug-likeness (QED) is 0.0951. The smallest absolute Gasteiger partial charge is 0.756 e. The van der Waals surface area contributed by atoms with Crippen molar-refractivity contribution < 1.29 is 69.9 Å². The van der Waals surface area contributed by atoms with Crippen LogP contribution in [0.4, 0.5) is 0 Å². The summed E-state index contributed by atoms with van der Waals surface area (Å²) in [5.41, 5.74) is 0. The van der Waals surface area contributed by atoms with Crippen LogP contribution in [0.25, 0.3) is 0 Å². The predicted octanol–water partition coefficient (Wildman–Crippen LogP) is 5.83. The van der Waals surface area contributed by atoms with Gasteiger partial charge in [-0.1, -0.05) is 130 Å². The molecule has 0 aromatic carbocycles. The molecule has 0 atom stereocenters. The Morgan fingerprint density at radius 1 is 0.531 bits per heavy atom. The fourth-order valence-electron chi connectivity index (χ4n) is 3.82. The molecule has 4 nitrogen and oxygen atoms in total. The number of phosphoric acid groups is 1. The SMILES string of the molecule is CC(C)CCCCCCCCCCOP(=O)([O-])OCCCCCCCCCCC(C)C.[K+]. The van der Waals surface area contributed by atoms with Crippen LogP contribution < -0.4 is 56.3 Å². The van der Waals surface area contributed by atoms with E-state index in [0.717, 1.165) is 50.4 Å². The van der Waals surface area contributed by atoms with E-state index in [4.69, 9.17) is 9.05 Å². The molecule has 0 N–H and O–H groups in total. The van der Waals surface area contributed by atoms with Crippen LogP contribution in [0, 0.1) is 11.8 Å². The van der Waals surface area contributed by atoms with Crippen LogP contribution in [0.5, 0.6) is 0 Å². The van der Waals surface area contributed by atoms with Crippen molar-refractivity contribution in [3.05, 3.63) is 0 Å². The van der Waals surface area contributed by atoms with Crippen molar-refractivity contribution >= 4 is 7.82 Å². The standard InChI is InChI=1S/C26H55O4P.K/c1-25(2)21-17-13-9-5-7-11-15-19-23-29-31(27,28)30-24-20-16-12-8-6-10-14-18-22-26(3)4;/h25-26H,5-24H2,1-4H3,(H,27,28);/q;+1/p-1. The zero-order valence-electron chi connectivity index (χ0n) is 22.4. The summed E-state index contributed by atoms with van der Waals surface area (Å²) in [6.07, 6.45) is 21.8. The first kappa shape index (κ1) is 35.9. The van der Waals surface area contributed by atoms with Crippen LogP contribution in [0.3, 0.4) is 0 Å². The molecule has 0 bridgehead atoms. The second kappa shape index (κ2) is 25.8. The molecule has 188 valence electrons. The maximum absolute atomic E-state index is 11.8. The Balaban J connectivity index is 0. The summed E-state index contributed by atoms with van der Waals surface area (Å²) >= 11 is 0. The molecule has 0 spiro atoms. The largest absolute Gasteiger partial charge is 1.00 e. The second-order valence-electron chi connectivity index (χ2n) is 10.1. The summed E-state index contributed by atoms with van der Waals surface area (Å²) in [6, 6.07) is 0. The van der Waals surface area contributed by atoms with Crippen LogP contribution in [-0.4, -0.2) is 13.2 Å². The number of hydrogen-bond donors (Lipinski definition) is 0. The van der Waals surface area contributed by atoms with E-state index in [1.807, 2.05) is 0 Å². The van der Waals surface area contributed by atoms with Crippen LogP contribution >= 0.6 is 7.82 Å². The zero-order valence-corrected chi connectivity index (χ0v) is 26.4. The summed E-state index contributed by atoms with van der Waals surface area (Å²) in [7, 11) is -4.11. The van der Waals surface area contributed by atoms with E-state index in [-0.39, 0.29) is 64.6 Å². The molecule has 0 aliphatic carbocycles. The van der Waals surface area contributed by atoms with Crippen molar-refractivity contribution in [2.45, 2.75) is 143 Å². The first-order valence-corrected chi connectivity index (χ1v) is 14.9. The van der Waals surface area contributed by atoms with Gasteiger partial charge in [0.15, 0.2) is 0 Å². The van der Waals surface area contributed by atoms with E-state index in [1.165, 1.54) is 77.0 Å². The zero-order chi connectivity index (χ0) is 23.2. The van der Waals surface area contributed by atoms with Crippen molar-refractivity contribution in [3.8, 4) is 0 Å². The van der Waals surface area contributed by atoms with Gasteiger partial charge < -0.3 is 13.9 Å². The van der Waals surface area contributed by atoms with Gasteiger partial charge in [-0.3, -0.25) is 4.57 Å². The molecule has 0 fully saturated rings. The van der Waals surface area contributed by atoms with Crippen molar-refractivity contribution in [1.82, 2.24) is 0 Å². The van der Waals surface area contributed by atoms with E-state index in [1.54, 1.807) is 0 Å². The molecule has 0 heterocycles. The Morgan fingerprint density at radius 2 is 0.781 bits per heavy atom. The monoisotopic (exact) mass is 500 g/mol. The minimum Gasteiger partial charge on any atom is -0.756 e. The molecule has 0 amide bonds. The van der Waals surface area contributed by atoms with E-state index < -0.39 is 7.82 Å². The first-order chi connectivity index (χ1) is 14.8. The molecule has 0 aliphatic heterocycles. The molecule has 0 aromatic rings. The molecule has 0 unspecified atom stereocenters. The van der Waals surface area contributed by atoms with Crippen molar-refractivity contribution in [2.24, 2.45) is 11.8 Å². The third-order valence-corrected chi connectivity index (χ3v) is 6.85. The average Bonchev–Trinajstić information content (AvgIpc) is 2.69. The minimum atomic E-state index is -4.11. The summed E-state index contributed by atoms with van der Waals surface area (Å²) in [4.78, 5) is 11.8. The molecular formula is C26H54KO4P. The van der Waals surface area contributed by atoms with E-state index in [9.17, 15) is 9.46 Å². The topological polar surface area (TPSA) is 58.6 Å². The van der Waals surface area contributed by atoms with Gasteiger partial charge >= 0.3 is 51.4 Å². The Hall–Kier alpha value is 1.75. The first-order valence-electron chi connectivity index (χ1n) is 13.4. The van der Waals surface area contributed by atoms with Gasteiger partial charge in [-0.15, -0.1) is 0 Å². The van der Waals surface area contributed by atoms with Crippen molar-refractivity contribution in [3.63, 3.8) is 0 Å². The van der Waals surface area contributed by atoms with Gasteiger partial charge in [0.25, 0.3) is 7.82 Å². The molecule has 6 heteroatoms. The summed E-state index contributed by atoms with van der Waals surface area (Å²) in [6.45, 7) is 9.65. The summed E-state index contributed by atoms with van der Waals surface area (Å²) in [5, 5.41) is 0. The van der Waals surface area contributed by atoms with Crippen molar-refractivity contribution in [1.29, 1.82) is 0 Å². The molecule has 32 heavy (non-hydrogen) atoms. The molecule has 0 saturated heterocycles. The van der Waals surface area contributed by atoms with Gasteiger partial charge in [-0.25, -0.2) is 0 Å². The van der Waals surface area contributed by atoms with E-state index in [0.29, 0.717) is 0 Å². The molecule has 0 saturated carbocycles. The number of rotatable bonds is 24. The maximum Gasteiger partial charge on any atom is 1.00 e. The van der Waals surface area contributed by atoms with Crippen molar-refractivity contribution in [2.75, 3.05) is 13.2 Å². The molecule has 0 radical (unpaired) electrons. The number of unbranched alkanes of at least 4 members (excludes halogenated alkanes) is 14. The van der Waals surface area contributed by atoms with Gasteiger partial charge in [-0.05, 0) is 24.7 Å². The molecule has 0 aromatic heterocycles. The molecular weight excluding hydrogens is 446 g/mol. The second-order valence-corrected chi connectivity index (χ2v) is 11.5. The Morgan fingerprint density at radius 3 is 1.06 bits per heavy atom. The van der Waals surface area contributed by atoms with Gasteiger partial charge in [0.2, 0.25) is 0 Å². The normalized spacial score (nSPS) is 12.0. The predicted molar refractivity (Wildman–Crippen MR) is 132 cm³/mol. The average molecular weight is 501 g/mol. The number of phosphoric ester groups is 1. The molecule has 0 rings (SSSR count). The third-order valence-electron chi connectivity index (χ3n) is 5.85. The van der Waals surface area contributed by atoms with Crippen LogP contribution in [0.1, 0.15) is 143 Å². The third kappa shape index (κ3) is 29.8. The molecule has 0 aliphatic rings. The van der Waals surface area contributed by atoms with Gasteiger partial charge in [-0.2, -0.15) is 0 Å².